The van der Waals surface area contributed by atoms with Crippen molar-refractivity contribution < 1.29 is 13.2 Å². The molecule has 0 aliphatic carbocycles. The predicted molar refractivity (Wildman–Crippen MR) is 148 cm³/mol. The molecule has 2 heterocycles. The van der Waals surface area contributed by atoms with Crippen LogP contribution in [0.5, 0.6) is 0 Å². The van der Waals surface area contributed by atoms with Crippen molar-refractivity contribution in [3.05, 3.63) is 121 Å². The van der Waals surface area contributed by atoms with Gasteiger partial charge in [0.1, 0.15) is 0 Å². The van der Waals surface area contributed by atoms with Gasteiger partial charge < -0.3 is 0 Å². The summed E-state index contributed by atoms with van der Waals surface area (Å²) < 4.78 is 40.3. The van der Waals surface area contributed by atoms with E-state index in [-0.39, 0.29) is 0 Å². The molecule has 0 unspecified atom stereocenters. The van der Waals surface area contributed by atoms with E-state index in [4.69, 9.17) is 0 Å². The summed E-state index contributed by atoms with van der Waals surface area (Å²) in [5.41, 5.74) is 6.16. The lowest BCUT2D eigenvalue weighted by Crippen LogP contribution is -2.06. The summed E-state index contributed by atoms with van der Waals surface area (Å²) in [5, 5.41) is 3.05. The van der Waals surface area contributed by atoms with Gasteiger partial charge in [0.05, 0.1) is 16.8 Å². The molecule has 6 aromatic rings. The molecular formula is C33H23F3N2. The van der Waals surface area contributed by atoms with Crippen molar-refractivity contribution in [3.63, 3.8) is 0 Å². The van der Waals surface area contributed by atoms with Crippen LogP contribution in [-0.4, -0.2) is 9.97 Å². The smallest absolute Gasteiger partial charge is 0.256 e. The van der Waals surface area contributed by atoms with Gasteiger partial charge in [-0.1, -0.05) is 61.5 Å². The highest BCUT2D eigenvalue weighted by Gasteiger charge is 2.31. The minimum atomic E-state index is -4.37. The molecule has 6 rings (SSSR count). The van der Waals surface area contributed by atoms with Crippen molar-refractivity contribution in [3.8, 4) is 33.5 Å². The fourth-order valence-electron chi connectivity index (χ4n) is 4.78. The summed E-state index contributed by atoms with van der Waals surface area (Å²) in [6.07, 6.45) is -0.140. The van der Waals surface area contributed by atoms with E-state index in [1.807, 2.05) is 92.1 Å². The number of aromatic nitrogens is 2. The highest BCUT2D eigenvalue weighted by Crippen LogP contribution is 2.35. The normalized spacial score (nSPS) is 11.8. The number of para-hydroxylation sites is 1. The lowest BCUT2D eigenvalue weighted by Gasteiger charge is -2.13. The number of aryl methyl sites for hydroxylation is 1. The lowest BCUT2D eigenvalue weighted by molar-refractivity contribution is -0.137. The fraction of sp³-hybridized carbons (Fsp3) is 0.0909. The molecule has 0 atom stereocenters. The molecular weight excluding hydrogens is 481 g/mol. The van der Waals surface area contributed by atoms with Crippen LogP contribution in [-0.2, 0) is 12.6 Å². The van der Waals surface area contributed by atoms with E-state index in [1.54, 1.807) is 0 Å². The predicted octanol–water partition coefficient (Wildman–Crippen LogP) is 9.37. The molecule has 0 N–H and O–H groups in total. The maximum absolute atomic E-state index is 13.4. The molecule has 186 valence electrons. The van der Waals surface area contributed by atoms with E-state index in [2.05, 4.69) is 22.1 Å². The number of hydrogen-bond donors (Lipinski definition) is 0. The van der Waals surface area contributed by atoms with Crippen LogP contribution in [0.2, 0.25) is 0 Å². The van der Waals surface area contributed by atoms with E-state index in [0.29, 0.717) is 17.5 Å². The molecule has 0 bridgehead atoms. The van der Waals surface area contributed by atoms with Gasteiger partial charge in [0, 0.05) is 28.9 Å². The van der Waals surface area contributed by atoms with Crippen LogP contribution in [0.15, 0.2) is 109 Å². The zero-order valence-corrected chi connectivity index (χ0v) is 20.6. The summed E-state index contributed by atoms with van der Waals surface area (Å²) >= 11 is 0. The molecule has 2 nitrogen and oxygen atoms in total. The third-order valence-corrected chi connectivity index (χ3v) is 6.89. The van der Waals surface area contributed by atoms with Crippen LogP contribution in [0, 0.1) is 0 Å². The molecule has 2 aromatic heterocycles. The molecule has 0 saturated carbocycles. The number of alkyl halides is 3. The molecule has 38 heavy (non-hydrogen) atoms. The Morgan fingerprint density at radius 1 is 0.579 bits per heavy atom. The summed E-state index contributed by atoms with van der Waals surface area (Å²) in [4.78, 5) is 9.21. The summed E-state index contributed by atoms with van der Waals surface area (Å²) in [5.74, 6) is 0. The van der Waals surface area contributed by atoms with Gasteiger partial charge in [0.2, 0.25) is 0 Å². The number of rotatable bonds is 4. The fourth-order valence-corrected chi connectivity index (χ4v) is 4.78. The van der Waals surface area contributed by atoms with Crippen LogP contribution in [0.25, 0.3) is 55.2 Å². The van der Waals surface area contributed by atoms with E-state index in [0.717, 1.165) is 49.6 Å². The molecule has 0 spiro atoms. The zero-order chi connectivity index (χ0) is 26.3. The number of halogens is 3. The van der Waals surface area contributed by atoms with E-state index in [9.17, 15) is 13.2 Å². The number of hydrogen-bond acceptors (Lipinski definition) is 2. The van der Waals surface area contributed by atoms with Crippen LogP contribution < -0.4 is 0 Å². The molecule has 5 heteroatoms. The van der Waals surface area contributed by atoms with Crippen molar-refractivity contribution in [2.24, 2.45) is 0 Å². The molecule has 4 aromatic carbocycles. The average Bonchev–Trinajstić information content (AvgIpc) is 2.95. The topological polar surface area (TPSA) is 25.8 Å². The number of pyridine rings is 2. The number of fused-ring (bicyclic) bond motifs is 2. The molecule has 0 saturated heterocycles. The highest BCUT2D eigenvalue weighted by atomic mass is 19.4. The third kappa shape index (κ3) is 4.63. The Morgan fingerprint density at radius 3 is 1.92 bits per heavy atom. The first-order valence-corrected chi connectivity index (χ1v) is 12.4. The SMILES string of the molecule is CCc1cc(-c2ccc3cc(-c4ccc(-c5cnc6ccccc6c5)nc4)ccc3c2)cc(C(F)(F)F)c1. The quantitative estimate of drug-likeness (QED) is 0.239. The Hall–Kier alpha value is -4.51. The summed E-state index contributed by atoms with van der Waals surface area (Å²) in [6.45, 7) is 1.86. The minimum Gasteiger partial charge on any atom is -0.256 e. The first kappa shape index (κ1) is 23.9. The van der Waals surface area contributed by atoms with Crippen molar-refractivity contribution in [1.29, 1.82) is 0 Å². The monoisotopic (exact) mass is 504 g/mol. The maximum Gasteiger partial charge on any atom is 0.416 e. The molecule has 0 aliphatic rings. The second-order valence-electron chi connectivity index (χ2n) is 9.40. The highest BCUT2D eigenvalue weighted by molar-refractivity contribution is 5.91. The Bertz CT molecular complexity index is 1790. The number of benzene rings is 4. The van der Waals surface area contributed by atoms with Crippen molar-refractivity contribution in [2.75, 3.05) is 0 Å². The Balaban J connectivity index is 1.30. The molecule has 0 radical (unpaired) electrons. The standard InChI is InChI=1S/C33H23F3N2/c1-2-21-13-28(18-30(14-21)33(34,35)36)25-10-8-22-15-24(9-7-23(22)16-25)27-11-12-32(37-19-27)29-17-26-5-3-4-6-31(26)38-20-29/h3-20H,2H2,1H3. The third-order valence-electron chi connectivity index (χ3n) is 6.89. The summed E-state index contributed by atoms with van der Waals surface area (Å²) in [7, 11) is 0. The van der Waals surface area contributed by atoms with Crippen LogP contribution in [0.1, 0.15) is 18.1 Å². The second kappa shape index (κ2) is 9.42. The molecule has 0 fully saturated rings. The Labute approximate surface area is 218 Å². The van der Waals surface area contributed by atoms with Gasteiger partial charge in [-0.3, -0.25) is 9.97 Å². The van der Waals surface area contributed by atoms with Gasteiger partial charge in [-0.25, -0.2) is 0 Å². The molecule has 0 amide bonds. The number of nitrogens with zero attached hydrogens (tertiary/aromatic N) is 2. The second-order valence-corrected chi connectivity index (χ2v) is 9.40. The Kier molecular flexibility index (Phi) is 5.91. The van der Waals surface area contributed by atoms with Crippen LogP contribution >= 0.6 is 0 Å². The largest absolute Gasteiger partial charge is 0.416 e. The van der Waals surface area contributed by atoms with Gasteiger partial charge in [-0.15, -0.1) is 0 Å². The van der Waals surface area contributed by atoms with E-state index >= 15 is 0 Å². The summed E-state index contributed by atoms with van der Waals surface area (Å²) in [6, 6.07) is 30.3. The first-order chi connectivity index (χ1) is 18.4. The van der Waals surface area contributed by atoms with Gasteiger partial charge in [-0.05, 0) is 81.9 Å². The van der Waals surface area contributed by atoms with Crippen molar-refractivity contribution in [2.45, 2.75) is 19.5 Å². The average molecular weight is 505 g/mol. The Morgan fingerprint density at radius 2 is 1.24 bits per heavy atom. The minimum absolute atomic E-state index is 0.540. The van der Waals surface area contributed by atoms with Gasteiger partial charge in [0.15, 0.2) is 0 Å². The van der Waals surface area contributed by atoms with Crippen LogP contribution in [0.4, 0.5) is 13.2 Å². The lowest BCUT2D eigenvalue weighted by atomic mass is 9.95. The van der Waals surface area contributed by atoms with E-state index < -0.39 is 11.7 Å². The zero-order valence-electron chi connectivity index (χ0n) is 20.6. The van der Waals surface area contributed by atoms with E-state index in [1.165, 1.54) is 12.1 Å². The van der Waals surface area contributed by atoms with Crippen molar-refractivity contribution >= 4 is 21.7 Å². The van der Waals surface area contributed by atoms with Gasteiger partial charge in [-0.2, -0.15) is 13.2 Å². The molecule has 0 aliphatic heterocycles. The van der Waals surface area contributed by atoms with Gasteiger partial charge >= 0.3 is 6.18 Å². The first-order valence-electron chi connectivity index (χ1n) is 12.4. The maximum atomic E-state index is 13.4. The van der Waals surface area contributed by atoms with Gasteiger partial charge in [0.25, 0.3) is 0 Å². The van der Waals surface area contributed by atoms with Crippen LogP contribution in [0.3, 0.4) is 0 Å². The van der Waals surface area contributed by atoms with Crippen molar-refractivity contribution in [1.82, 2.24) is 9.97 Å².